The van der Waals surface area contributed by atoms with Gasteiger partial charge >= 0.3 is 0 Å². The number of carbonyl (C=O) groups excluding carboxylic acids is 1. The van der Waals surface area contributed by atoms with E-state index in [-0.39, 0.29) is 11.6 Å². The van der Waals surface area contributed by atoms with Crippen molar-refractivity contribution in [3.8, 4) is 11.4 Å². The van der Waals surface area contributed by atoms with Crippen LogP contribution in [-0.2, 0) is 4.79 Å². The van der Waals surface area contributed by atoms with Gasteiger partial charge in [-0.25, -0.2) is 0 Å². The van der Waals surface area contributed by atoms with Gasteiger partial charge in [0.2, 0.25) is 5.91 Å². The number of piperidine rings is 2. The van der Waals surface area contributed by atoms with Gasteiger partial charge in [0.15, 0.2) is 11.0 Å². The van der Waals surface area contributed by atoms with E-state index >= 15 is 0 Å². The van der Waals surface area contributed by atoms with Crippen LogP contribution < -0.4 is 0 Å². The van der Waals surface area contributed by atoms with Gasteiger partial charge in [-0.15, -0.1) is 10.2 Å². The number of rotatable bonds is 8. The summed E-state index contributed by atoms with van der Waals surface area (Å²) >= 11 is 1.38. The summed E-state index contributed by atoms with van der Waals surface area (Å²) in [6, 6.07) is 6.31. The van der Waals surface area contributed by atoms with Gasteiger partial charge in [0.05, 0.1) is 10.7 Å². The second-order valence-electron chi connectivity index (χ2n) is 8.46. The average Bonchev–Trinajstić information content (AvgIpc) is 3.26. The fourth-order valence-corrected chi connectivity index (χ4v) is 5.06. The van der Waals surface area contributed by atoms with Crippen LogP contribution in [0.3, 0.4) is 0 Å². The molecule has 10 heteroatoms. The molecule has 0 saturated carbocycles. The van der Waals surface area contributed by atoms with Crippen LogP contribution in [-0.4, -0.2) is 73.9 Å². The maximum Gasteiger partial charge on any atom is 0.269 e. The second-order valence-corrected chi connectivity index (χ2v) is 9.40. The highest BCUT2D eigenvalue weighted by atomic mass is 32.2. The number of benzene rings is 1. The molecule has 0 N–H and O–H groups in total. The largest absolute Gasteiger partial charge is 0.342 e. The molecule has 2 aliphatic heterocycles. The second kappa shape index (κ2) is 11.4. The zero-order valence-electron chi connectivity index (χ0n) is 18.8. The third-order valence-corrected chi connectivity index (χ3v) is 7.03. The number of hydrogen-bond donors (Lipinski definition) is 0. The lowest BCUT2D eigenvalue weighted by Gasteiger charge is -2.26. The lowest BCUT2D eigenvalue weighted by atomic mass is 10.1. The zero-order chi connectivity index (χ0) is 23.0. The lowest BCUT2D eigenvalue weighted by Crippen LogP contribution is -2.36. The van der Waals surface area contributed by atoms with Gasteiger partial charge in [-0.05, 0) is 57.3 Å². The number of aromatic nitrogens is 3. The maximum absolute atomic E-state index is 12.6. The van der Waals surface area contributed by atoms with E-state index in [4.69, 9.17) is 0 Å². The van der Waals surface area contributed by atoms with E-state index in [2.05, 4.69) is 21.2 Å². The Kier molecular flexibility index (Phi) is 8.11. The first kappa shape index (κ1) is 23.4. The molecule has 0 aliphatic carbocycles. The third kappa shape index (κ3) is 6.20. The molecule has 1 aromatic heterocycles. The van der Waals surface area contributed by atoms with Gasteiger partial charge in [0.1, 0.15) is 0 Å². The minimum atomic E-state index is -0.416. The topological polar surface area (TPSA) is 97.4 Å². The molecule has 176 valence electrons. The molecule has 9 nitrogen and oxygen atoms in total. The van der Waals surface area contributed by atoms with Gasteiger partial charge in [0, 0.05) is 43.5 Å². The minimum Gasteiger partial charge on any atom is -0.342 e. The van der Waals surface area contributed by atoms with E-state index in [1.54, 1.807) is 12.1 Å². The highest BCUT2D eigenvalue weighted by molar-refractivity contribution is 7.99. The van der Waals surface area contributed by atoms with Crippen molar-refractivity contribution in [1.82, 2.24) is 24.6 Å². The normalized spacial score (nSPS) is 17.5. The van der Waals surface area contributed by atoms with Gasteiger partial charge in [-0.2, -0.15) is 0 Å². The quantitative estimate of drug-likeness (QED) is 0.328. The first-order valence-corrected chi connectivity index (χ1v) is 12.6. The fourth-order valence-electron chi connectivity index (χ4n) is 4.24. The van der Waals surface area contributed by atoms with Crippen molar-refractivity contribution in [3.63, 3.8) is 0 Å². The SMILES string of the molecule is O=C(CSc1nnc(-c2ccc([N+](=O)[O-])cc2)n1/C=C/CN1CCCCC1)N1CCCCC1. The number of nitrogens with zero attached hydrogens (tertiary/aromatic N) is 6. The van der Waals surface area contributed by atoms with Crippen LogP contribution in [0.25, 0.3) is 17.6 Å². The predicted molar refractivity (Wildman–Crippen MR) is 129 cm³/mol. The molecular weight excluding hydrogens is 440 g/mol. The molecular formula is C23H30N6O3S. The number of nitro benzene ring substituents is 1. The molecule has 0 unspecified atom stereocenters. The molecule has 2 fully saturated rings. The van der Waals surface area contributed by atoms with Crippen molar-refractivity contribution in [1.29, 1.82) is 0 Å². The summed E-state index contributed by atoms with van der Waals surface area (Å²) in [6.45, 7) is 4.71. The van der Waals surface area contributed by atoms with E-state index < -0.39 is 4.92 Å². The summed E-state index contributed by atoms with van der Waals surface area (Å²) in [7, 11) is 0. The Balaban J connectivity index is 1.51. The number of non-ortho nitro benzene ring substituents is 1. The van der Waals surface area contributed by atoms with Crippen LogP contribution in [0.1, 0.15) is 38.5 Å². The molecule has 1 aromatic carbocycles. The van der Waals surface area contributed by atoms with Crippen molar-refractivity contribution in [2.24, 2.45) is 0 Å². The summed E-state index contributed by atoms with van der Waals surface area (Å²) in [6.07, 6.45) is 11.1. The molecule has 4 rings (SSSR count). The number of amides is 1. The van der Waals surface area contributed by atoms with Crippen LogP contribution in [0, 0.1) is 10.1 Å². The van der Waals surface area contributed by atoms with Crippen molar-refractivity contribution in [3.05, 3.63) is 40.5 Å². The Bertz CT molecular complexity index is 979. The first-order valence-electron chi connectivity index (χ1n) is 11.6. The fraction of sp³-hybridized carbons (Fsp3) is 0.522. The summed E-state index contributed by atoms with van der Waals surface area (Å²) < 4.78 is 1.89. The average molecular weight is 471 g/mol. The van der Waals surface area contributed by atoms with Crippen LogP contribution in [0.4, 0.5) is 5.69 Å². The van der Waals surface area contributed by atoms with Gasteiger partial charge < -0.3 is 4.90 Å². The van der Waals surface area contributed by atoms with Crippen LogP contribution in [0.15, 0.2) is 35.5 Å². The van der Waals surface area contributed by atoms with E-state index in [0.717, 1.165) is 51.1 Å². The van der Waals surface area contributed by atoms with Crippen LogP contribution in [0.5, 0.6) is 0 Å². The number of likely N-dealkylation sites (tertiary alicyclic amines) is 2. The molecule has 2 aromatic rings. The Hall–Kier alpha value is -2.72. The predicted octanol–water partition coefficient (Wildman–Crippen LogP) is 3.91. The molecule has 3 heterocycles. The molecule has 0 radical (unpaired) electrons. The summed E-state index contributed by atoms with van der Waals surface area (Å²) in [5, 5.41) is 20.3. The van der Waals surface area contributed by atoms with E-state index in [9.17, 15) is 14.9 Å². The van der Waals surface area contributed by atoms with Crippen molar-refractivity contribution in [2.45, 2.75) is 43.7 Å². The highest BCUT2D eigenvalue weighted by Gasteiger charge is 2.20. The third-order valence-electron chi connectivity index (χ3n) is 6.10. The molecule has 0 atom stereocenters. The van der Waals surface area contributed by atoms with Crippen molar-refractivity contribution in [2.75, 3.05) is 38.5 Å². The number of thioether (sulfide) groups is 1. The smallest absolute Gasteiger partial charge is 0.269 e. The first-order chi connectivity index (χ1) is 16.1. The van der Waals surface area contributed by atoms with Gasteiger partial charge in [0.25, 0.3) is 5.69 Å². The number of nitro groups is 1. The minimum absolute atomic E-state index is 0.0344. The molecule has 2 saturated heterocycles. The van der Waals surface area contributed by atoms with Gasteiger partial charge in [-0.1, -0.05) is 24.3 Å². The summed E-state index contributed by atoms with van der Waals surface area (Å²) in [5.41, 5.74) is 0.775. The van der Waals surface area contributed by atoms with E-state index in [0.29, 0.717) is 16.7 Å². The molecule has 33 heavy (non-hydrogen) atoms. The molecule has 0 bridgehead atoms. The van der Waals surface area contributed by atoms with Crippen molar-refractivity contribution >= 4 is 29.6 Å². The van der Waals surface area contributed by atoms with Crippen LogP contribution >= 0.6 is 11.8 Å². The van der Waals surface area contributed by atoms with E-state index in [1.165, 1.54) is 49.6 Å². The Morgan fingerprint density at radius 3 is 2.33 bits per heavy atom. The maximum atomic E-state index is 12.6. The monoisotopic (exact) mass is 470 g/mol. The number of carbonyl (C=O) groups is 1. The summed E-state index contributed by atoms with van der Waals surface area (Å²) in [5.74, 6) is 1.05. The Morgan fingerprint density at radius 2 is 1.67 bits per heavy atom. The zero-order valence-corrected chi connectivity index (χ0v) is 19.6. The molecule has 2 aliphatic rings. The number of hydrogen-bond acceptors (Lipinski definition) is 7. The Morgan fingerprint density at radius 1 is 1.00 bits per heavy atom. The highest BCUT2D eigenvalue weighted by Crippen LogP contribution is 2.26. The standard InChI is InChI=1S/C23H30N6O3S/c30-21(27-15-5-2-6-16-27)18-33-23-25-24-22(19-8-10-20(11-9-19)29(31)32)28(23)17-7-14-26-12-3-1-4-13-26/h7-11,17H,1-6,12-16,18H2/b17-7+. The van der Waals surface area contributed by atoms with Crippen LogP contribution in [0.2, 0.25) is 0 Å². The molecule has 1 amide bonds. The summed E-state index contributed by atoms with van der Waals surface area (Å²) in [4.78, 5) is 27.6. The van der Waals surface area contributed by atoms with Gasteiger partial charge in [-0.3, -0.25) is 24.4 Å². The lowest BCUT2D eigenvalue weighted by molar-refractivity contribution is -0.384. The molecule has 0 spiro atoms. The Labute approximate surface area is 198 Å². The van der Waals surface area contributed by atoms with E-state index in [1.807, 2.05) is 15.7 Å². The van der Waals surface area contributed by atoms with Crippen molar-refractivity contribution < 1.29 is 9.72 Å².